The quantitative estimate of drug-likeness (QED) is 0.834. The third-order valence-corrected chi connectivity index (χ3v) is 3.64. The van der Waals surface area contributed by atoms with Crippen molar-refractivity contribution >= 4 is 11.8 Å². The van der Waals surface area contributed by atoms with Gasteiger partial charge in [0.05, 0.1) is 7.11 Å². The molecule has 0 heterocycles. The number of nitrogens with two attached hydrogens (primary N) is 1. The molecule has 1 atom stereocenters. The second-order valence-corrected chi connectivity index (χ2v) is 5.08. The molecule has 1 aromatic carbocycles. The number of methoxy groups -OCH3 is 1. The lowest BCUT2D eigenvalue weighted by molar-refractivity contribution is 0.411. The van der Waals surface area contributed by atoms with E-state index in [1.807, 2.05) is 0 Å². The van der Waals surface area contributed by atoms with Crippen LogP contribution in [0.2, 0.25) is 0 Å². The number of hydrogen-bond acceptors (Lipinski definition) is 3. The Labute approximate surface area is 100 Å². The highest BCUT2D eigenvalue weighted by Gasteiger charge is 2.07. The molecule has 4 heteroatoms. The molecule has 0 spiro atoms. The van der Waals surface area contributed by atoms with Crippen LogP contribution in [0.15, 0.2) is 18.2 Å². The first-order valence-corrected chi connectivity index (χ1v) is 6.36. The first kappa shape index (κ1) is 13.3. The van der Waals surface area contributed by atoms with E-state index in [9.17, 15) is 4.39 Å². The Morgan fingerprint density at radius 2 is 2.25 bits per heavy atom. The third-order valence-electron chi connectivity index (χ3n) is 2.36. The Balaban J connectivity index is 2.54. The van der Waals surface area contributed by atoms with Gasteiger partial charge in [0.25, 0.3) is 0 Å². The van der Waals surface area contributed by atoms with Crippen LogP contribution >= 0.6 is 11.8 Å². The van der Waals surface area contributed by atoms with Crippen LogP contribution < -0.4 is 10.5 Å². The van der Waals surface area contributed by atoms with Crippen LogP contribution in [0.4, 0.5) is 4.39 Å². The van der Waals surface area contributed by atoms with E-state index < -0.39 is 0 Å². The number of thioether (sulfide) groups is 1. The zero-order valence-corrected chi connectivity index (χ0v) is 10.5. The van der Waals surface area contributed by atoms with E-state index >= 15 is 0 Å². The monoisotopic (exact) mass is 243 g/mol. The van der Waals surface area contributed by atoms with Gasteiger partial charge in [-0.3, -0.25) is 0 Å². The van der Waals surface area contributed by atoms with Gasteiger partial charge >= 0.3 is 0 Å². The van der Waals surface area contributed by atoms with Crippen LogP contribution in [0.1, 0.15) is 18.9 Å². The summed E-state index contributed by atoms with van der Waals surface area (Å²) in [6.07, 6.45) is 0.961. The predicted octanol–water partition coefficient (Wildman–Crippen LogP) is 2.80. The second kappa shape index (κ2) is 6.76. The van der Waals surface area contributed by atoms with E-state index in [0.29, 0.717) is 23.3 Å². The minimum atomic E-state index is -0.202. The molecular formula is C12H18FNOS. The Kier molecular flexibility index (Phi) is 5.63. The van der Waals surface area contributed by atoms with Crippen molar-refractivity contribution in [3.63, 3.8) is 0 Å². The molecule has 1 rings (SSSR count). The van der Waals surface area contributed by atoms with Crippen molar-refractivity contribution in [2.45, 2.75) is 24.3 Å². The van der Waals surface area contributed by atoms with Gasteiger partial charge in [0, 0.05) is 17.1 Å². The lowest BCUT2D eigenvalue weighted by Crippen LogP contribution is -2.07. The summed E-state index contributed by atoms with van der Waals surface area (Å²) < 4.78 is 18.5. The van der Waals surface area contributed by atoms with Crippen LogP contribution in [-0.4, -0.2) is 18.9 Å². The smallest absolute Gasteiger partial charge is 0.130 e. The average Bonchev–Trinajstić information content (AvgIpc) is 2.27. The summed E-state index contributed by atoms with van der Waals surface area (Å²) in [7, 11) is 1.53. The van der Waals surface area contributed by atoms with E-state index in [-0.39, 0.29) is 5.82 Å². The van der Waals surface area contributed by atoms with Crippen molar-refractivity contribution < 1.29 is 9.13 Å². The molecule has 1 unspecified atom stereocenters. The van der Waals surface area contributed by atoms with Crippen LogP contribution in [0.5, 0.6) is 5.75 Å². The number of rotatable bonds is 6. The first-order valence-electron chi connectivity index (χ1n) is 5.31. The first-order chi connectivity index (χ1) is 7.67. The maximum absolute atomic E-state index is 13.6. The summed E-state index contributed by atoms with van der Waals surface area (Å²) in [4.78, 5) is 0. The molecule has 1 aromatic rings. The standard InChI is InChI=1S/C12H18FNOS/c1-9(5-6-14)16-8-10-3-4-11(15-2)7-12(10)13/h3-4,7,9H,5-6,8,14H2,1-2H3. The van der Waals surface area contributed by atoms with Gasteiger partial charge in [0.1, 0.15) is 11.6 Å². The Morgan fingerprint density at radius 3 is 2.81 bits per heavy atom. The van der Waals surface area contributed by atoms with E-state index in [2.05, 4.69) is 6.92 Å². The molecule has 0 saturated carbocycles. The maximum Gasteiger partial charge on any atom is 0.130 e. The van der Waals surface area contributed by atoms with Crippen molar-refractivity contribution in [2.75, 3.05) is 13.7 Å². The molecule has 0 aromatic heterocycles. The van der Waals surface area contributed by atoms with E-state index in [4.69, 9.17) is 10.5 Å². The normalized spacial score (nSPS) is 12.5. The summed E-state index contributed by atoms with van der Waals surface area (Å²) >= 11 is 1.72. The fourth-order valence-electron chi connectivity index (χ4n) is 1.32. The molecule has 0 aliphatic carbocycles. The summed E-state index contributed by atoms with van der Waals surface area (Å²) in [6, 6.07) is 4.98. The molecule has 0 aliphatic rings. The summed E-state index contributed by atoms with van der Waals surface area (Å²) in [5.41, 5.74) is 6.18. The zero-order chi connectivity index (χ0) is 12.0. The van der Waals surface area contributed by atoms with Gasteiger partial charge in [0.15, 0.2) is 0 Å². The van der Waals surface area contributed by atoms with Crippen molar-refractivity contribution in [1.82, 2.24) is 0 Å². The molecule has 90 valence electrons. The lowest BCUT2D eigenvalue weighted by atomic mass is 10.2. The molecule has 2 nitrogen and oxygen atoms in total. The summed E-state index contributed by atoms with van der Waals surface area (Å²) in [6.45, 7) is 2.79. The van der Waals surface area contributed by atoms with E-state index in [0.717, 1.165) is 12.0 Å². The summed E-state index contributed by atoms with van der Waals surface area (Å²) in [5, 5.41) is 0.464. The van der Waals surface area contributed by atoms with E-state index in [1.165, 1.54) is 13.2 Å². The molecule has 2 N–H and O–H groups in total. The minimum Gasteiger partial charge on any atom is -0.497 e. The van der Waals surface area contributed by atoms with Crippen LogP contribution in [0.25, 0.3) is 0 Å². The third kappa shape index (κ3) is 4.02. The molecular weight excluding hydrogens is 225 g/mol. The highest BCUT2D eigenvalue weighted by atomic mass is 32.2. The van der Waals surface area contributed by atoms with Gasteiger partial charge in [0.2, 0.25) is 0 Å². The SMILES string of the molecule is COc1ccc(CSC(C)CCN)c(F)c1. The van der Waals surface area contributed by atoms with Crippen molar-refractivity contribution in [2.24, 2.45) is 5.73 Å². The second-order valence-electron chi connectivity index (χ2n) is 3.66. The Bertz CT molecular complexity index is 333. The molecule has 0 fully saturated rings. The number of hydrogen-bond donors (Lipinski definition) is 1. The van der Waals surface area contributed by atoms with Crippen molar-refractivity contribution in [1.29, 1.82) is 0 Å². The molecule has 0 radical (unpaired) electrons. The van der Waals surface area contributed by atoms with Gasteiger partial charge in [-0.2, -0.15) is 11.8 Å². The fraction of sp³-hybridized carbons (Fsp3) is 0.500. The lowest BCUT2D eigenvalue weighted by Gasteiger charge is -2.10. The van der Waals surface area contributed by atoms with E-state index in [1.54, 1.807) is 23.9 Å². The van der Waals surface area contributed by atoms with Crippen LogP contribution in [0.3, 0.4) is 0 Å². The number of halogens is 1. The fourth-order valence-corrected chi connectivity index (χ4v) is 2.32. The summed E-state index contributed by atoms with van der Waals surface area (Å²) in [5.74, 6) is 1.03. The number of ether oxygens (including phenoxy) is 1. The van der Waals surface area contributed by atoms with Gasteiger partial charge in [-0.05, 0) is 24.6 Å². The Hall–Kier alpha value is -0.740. The predicted molar refractivity (Wildman–Crippen MR) is 67.4 cm³/mol. The highest BCUT2D eigenvalue weighted by molar-refractivity contribution is 7.99. The molecule has 0 amide bonds. The number of benzene rings is 1. The van der Waals surface area contributed by atoms with Gasteiger partial charge < -0.3 is 10.5 Å². The molecule has 16 heavy (non-hydrogen) atoms. The van der Waals surface area contributed by atoms with Gasteiger partial charge in [-0.1, -0.05) is 13.0 Å². The largest absolute Gasteiger partial charge is 0.497 e. The zero-order valence-electron chi connectivity index (χ0n) is 9.70. The van der Waals surface area contributed by atoms with Crippen LogP contribution in [-0.2, 0) is 5.75 Å². The minimum absolute atomic E-state index is 0.202. The average molecular weight is 243 g/mol. The molecule has 0 bridgehead atoms. The van der Waals surface area contributed by atoms with Gasteiger partial charge in [-0.15, -0.1) is 0 Å². The van der Waals surface area contributed by atoms with Crippen molar-refractivity contribution in [3.05, 3.63) is 29.6 Å². The maximum atomic E-state index is 13.6. The molecule has 0 saturated heterocycles. The highest BCUT2D eigenvalue weighted by Crippen LogP contribution is 2.23. The Morgan fingerprint density at radius 1 is 1.50 bits per heavy atom. The molecule has 0 aliphatic heterocycles. The van der Waals surface area contributed by atoms with Crippen LogP contribution in [0, 0.1) is 5.82 Å². The topological polar surface area (TPSA) is 35.2 Å². The van der Waals surface area contributed by atoms with Crippen molar-refractivity contribution in [3.8, 4) is 5.75 Å². The van der Waals surface area contributed by atoms with Gasteiger partial charge in [-0.25, -0.2) is 4.39 Å².